The summed E-state index contributed by atoms with van der Waals surface area (Å²) < 4.78 is 10.4. The van der Waals surface area contributed by atoms with E-state index in [0.29, 0.717) is 41.0 Å². The monoisotopic (exact) mass is 298 g/mol. The van der Waals surface area contributed by atoms with E-state index in [1.807, 2.05) is 0 Å². The number of halogens is 1. The second-order valence-corrected chi connectivity index (χ2v) is 5.16. The van der Waals surface area contributed by atoms with Gasteiger partial charge in [-0.25, -0.2) is 4.79 Å². The molecule has 20 heavy (non-hydrogen) atoms. The van der Waals surface area contributed by atoms with Gasteiger partial charge in [-0.15, -0.1) is 0 Å². The normalized spacial score (nSPS) is 18.0. The first-order valence-electron chi connectivity index (χ1n) is 6.69. The summed E-state index contributed by atoms with van der Waals surface area (Å²) >= 11 is 6.18. The van der Waals surface area contributed by atoms with E-state index in [4.69, 9.17) is 26.8 Å². The molecule has 0 bridgehead atoms. The van der Waals surface area contributed by atoms with E-state index in [9.17, 15) is 4.79 Å². The Kier molecular flexibility index (Phi) is 5.09. The number of ether oxygens (including phenoxy) is 2. The Morgan fingerprint density at radius 2 is 2.40 bits per heavy atom. The fourth-order valence-corrected chi connectivity index (χ4v) is 2.46. The maximum absolute atomic E-state index is 12.0. The lowest BCUT2D eigenvalue weighted by atomic mass is 10.1. The fraction of sp³-hybridized carbons (Fsp3) is 0.500. The third-order valence-electron chi connectivity index (χ3n) is 3.20. The average molecular weight is 299 g/mol. The average Bonchev–Trinajstić information content (AvgIpc) is 2.90. The number of esters is 1. The van der Waals surface area contributed by atoms with E-state index in [1.165, 1.54) is 0 Å². The van der Waals surface area contributed by atoms with Crippen LogP contribution in [0.15, 0.2) is 12.1 Å². The van der Waals surface area contributed by atoms with Crippen LogP contribution < -0.4 is 11.1 Å². The van der Waals surface area contributed by atoms with Gasteiger partial charge in [0.2, 0.25) is 0 Å². The smallest absolute Gasteiger partial charge is 0.340 e. The highest BCUT2D eigenvalue weighted by molar-refractivity contribution is 6.34. The van der Waals surface area contributed by atoms with E-state index >= 15 is 0 Å². The highest BCUT2D eigenvalue weighted by Gasteiger charge is 2.20. The van der Waals surface area contributed by atoms with E-state index in [1.54, 1.807) is 19.1 Å². The number of hydrogen-bond acceptors (Lipinski definition) is 5. The lowest BCUT2D eigenvalue weighted by Crippen LogP contribution is -2.17. The van der Waals surface area contributed by atoms with Crippen molar-refractivity contribution in [3.05, 3.63) is 22.7 Å². The summed E-state index contributed by atoms with van der Waals surface area (Å²) in [6, 6.07) is 3.20. The molecule has 1 aromatic carbocycles. The third-order valence-corrected chi connectivity index (χ3v) is 3.50. The minimum absolute atomic E-state index is 0.307. The Bertz CT molecular complexity index is 488. The second kappa shape index (κ2) is 6.81. The van der Waals surface area contributed by atoms with Crippen LogP contribution in [0.3, 0.4) is 0 Å². The van der Waals surface area contributed by atoms with Gasteiger partial charge in [0, 0.05) is 24.8 Å². The molecule has 6 heteroatoms. The van der Waals surface area contributed by atoms with E-state index < -0.39 is 5.97 Å². The van der Waals surface area contributed by atoms with Gasteiger partial charge in [-0.3, -0.25) is 0 Å². The summed E-state index contributed by atoms with van der Waals surface area (Å²) in [5, 5.41) is 3.64. The molecule has 110 valence electrons. The van der Waals surface area contributed by atoms with Crippen LogP contribution in [-0.4, -0.2) is 32.3 Å². The molecular weight excluding hydrogens is 280 g/mol. The molecule has 0 radical (unpaired) electrons. The summed E-state index contributed by atoms with van der Waals surface area (Å²) in [4.78, 5) is 12.0. The zero-order valence-corrected chi connectivity index (χ0v) is 12.2. The molecule has 1 fully saturated rings. The molecule has 1 saturated heterocycles. The summed E-state index contributed by atoms with van der Waals surface area (Å²) in [5.74, 6) is 0.00513. The molecule has 3 N–H and O–H groups in total. The van der Waals surface area contributed by atoms with Crippen molar-refractivity contribution in [2.45, 2.75) is 13.3 Å². The van der Waals surface area contributed by atoms with Gasteiger partial charge in [0.1, 0.15) is 0 Å². The number of carbonyl (C=O) groups excluding carboxylic acids is 1. The quantitative estimate of drug-likeness (QED) is 0.645. The molecule has 0 saturated carbocycles. The van der Waals surface area contributed by atoms with Crippen molar-refractivity contribution >= 4 is 28.9 Å². The molecule has 1 unspecified atom stereocenters. The zero-order chi connectivity index (χ0) is 14.5. The van der Waals surface area contributed by atoms with Crippen LogP contribution in [0.25, 0.3) is 0 Å². The molecule has 2 rings (SSSR count). The van der Waals surface area contributed by atoms with Crippen LogP contribution in [0.2, 0.25) is 5.02 Å². The Morgan fingerprint density at radius 1 is 1.60 bits per heavy atom. The molecule has 1 aliphatic heterocycles. The Hall–Kier alpha value is -1.46. The summed E-state index contributed by atoms with van der Waals surface area (Å²) in [6.45, 7) is 4.28. The van der Waals surface area contributed by atoms with Crippen LogP contribution >= 0.6 is 11.6 Å². The van der Waals surface area contributed by atoms with Crippen LogP contribution in [-0.2, 0) is 9.47 Å². The first kappa shape index (κ1) is 14.9. The van der Waals surface area contributed by atoms with Gasteiger partial charge in [-0.05, 0) is 25.5 Å². The number of nitrogens with one attached hydrogen (secondary N) is 1. The maximum Gasteiger partial charge on any atom is 0.340 e. The molecule has 5 nitrogen and oxygen atoms in total. The summed E-state index contributed by atoms with van der Waals surface area (Å²) in [6.07, 6.45) is 1.01. The zero-order valence-electron chi connectivity index (χ0n) is 11.4. The summed E-state index contributed by atoms with van der Waals surface area (Å²) in [5.41, 5.74) is 7.12. The van der Waals surface area contributed by atoms with Crippen molar-refractivity contribution in [2.24, 2.45) is 5.92 Å². The Balaban J connectivity index is 2.17. The number of carbonyl (C=O) groups is 1. The van der Waals surface area contributed by atoms with Gasteiger partial charge in [0.15, 0.2) is 0 Å². The third kappa shape index (κ3) is 3.55. The fourth-order valence-electron chi connectivity index (χ4n) is 2.17. The molecule has 0 spiro atoms. The van der Waals surface area contributed by atoms with Crippen molar-refractivity contribution < 1.29 is 14.3 Å². The van der Waals surface area contributed by atoms with Gasteiger partial charge in [-0.1, -0.05) is 11.6 Å². The topological polar surface area (TPSA) is 73.6 Å². The molecule has 1 heterocycles. The number of hydrogen-bond donors (Lipinski definition) is 2. The SMILES string of the molecule is CCOC(=O)c1cc(N)cc(Cl)c1NCC1CCOC1. The predicted octanol–water partition coefficient (Wildman–Crippen LogP) is 2.55. The summed E-state index contributed by atoms with van der Waals surface area (Å²) in [7, 11) is 0. The molecule has 1 aliphatic rings. The molecule has 0 aliphatic carbocycles. The number of nitrogen functional groups attached to an aromatic ring is 1. The van der Waals surface area contributed by atoms with E-state index in [-0.39, 0.29) is 0 Å². The van der Waals surface area contributed by atoms with Crippen molar-refractivity contribution in [1.82, 2.24) is 0 Å². The number of nitrogens with two attached hydrogens (primary N) is 1. The van der Waals surface area contributed by atoms with Crippen molar-refractivity contribution in [3.8, 4) is 0 Å². The molecule has 1 atom stereocenters. The van der Waals surface area contributed by atoms with Crippen molar-refractivity contribution in [2.75, 3.05) is 37.4 Å². The van der Waals surface area contributed by atoms with Gasteiger partial charge in [0.05, 0.1) is 29.5 Å². The van der Waals surface area contributed by atoms with E-state index in [2.05, 4.69) is 5.32 Å². The lowest BCUT2D eigenvalue weighted by molar-refractivity contribution is 0.0527. The highest BCUT2D eigenvalue weighted by atomic mass is 35.5. The molecule has 0 aromatic heterocycles. The van der Waals surface area contributed by atoms with Gasteiger partial charge < -0.3 is 20.5 Å². The van der Waals surface area contributed by atoms with Crippen LogP contribution in [0.5, 0.6) is 0 Å². The predicted molar refractivity (Wildman–Crippen MR) is 79.2 cm³/mol. The van der Waals surface area contributed by atoms with Crippen molar-refractivity contribution in [1.29, 1.82) is 0 Å². The van der Waals surface area contributed by atoms with Gasteiger partial charge >= 0.3 is 5.97 Å². The maximum atomic E-state index is 12.0. The molecular formula is C14H19ClN2O3. The minimum Gasteiger partial charge on any atom is -0.462 e. The van der Waals surface area contributed by atoms with Crippen LogP contribution in [0.4, 0.5) is 11.4 Å². The highest BCUT2D eigenvalue weighted by Crippen LogP contribution is 2.30. The lowest BCUT2D eigenvalue weighted by Gasteiger charge is -2.16. The van der Waals surface area contributed by atoms with Gasteiger partial charge in [-0.2, -0.15) is 0 Å². The first-order valence-corrected chi connectivity index (χ1v) is 7.07. The van der Waals surface area contributed by atoms with Gasteiger partial charge in [0.25, 0.3) is 0 Å². The number of benzene rings is 1. The Labute approximate surface area is 123 Å². The Morgan fingerprint density at radius 3 is 3.05 bits per heavy atom. The number of anilines is 2. The molecule has 0 amide bonds. The molecule has 1 aromatic rings. The van der Waals surface area contributed by atoms with E-state index in [0.717, 1.165) is 19.6 Å². The number of rotatable bonds is 5. The first-order chi connectivity index (χ1) is 9.61. The van der Waals surface area contributed by atoms with Crippen molar-refractivity contribution in [3.63, 3.8) is 0 Å². The standard InChI is InChI=1S/C14H19ClN2O3/c1-2-20-14(18)11-5-10(16)6-12(15)13(11)17-7-9-3-4-19-8-9/h5-6,9,17H,2-4,7-8,16H2,1H3. The largest absolute Gasteiger partial charge is 0.462 e. The van der Waals surface area contributed by atoms with Crippen LogP contribution in [0.1, 0.15) is 23.7 Å². The minimum atomic E-state index is -0.424. The van der Waals surface area contributed by atoms with Crippen LogP contribution in [0, 0.1) is 5.92 Å². The second-order valence-electron chi connectivity index (χ2n) is 4.76.